The van der Waals surface area contributed by atoms with Gasteiger partial charge in [-0.1, -0.05) is 13.8 Å². The lowest BCUT2D eigenvalue weighted by atomic mass is 9.98. The predicted octanol–water partition coefficient (Wildman–Crippen LogP) is -0.100. The zero-order chi connectivity index (χ0) is 14.6. The molecule has 0 amide bonds. The average molecular weight is 269 g/mol. The van der Waals surface area contributed by atoms with E-state index in [0.717, 1.165) is 0 Å². The third-order valence-corrected chi connectivity index (χ3v) is 3.08. The topological polar surface area (TPSA) is 107 Å². The van der Waals surface area contributed by atoms with Gasteiger partial charge >= 0.3 is 11.7 Å². The number of rotatable bonds is 5. The van der Waals surface area contributed by atoms with Crippen LogP contribution in [0.5, 0.6) is 0 Å². The van der Waals surface area contributed by atoms with Crippen LogP contribution in [0.2, 0.25) is 0 Å². The molecule has 0 aromatic carbocycles. The van der Waals surface area contributed by atoms with E-state index in [1.807, 2.05) is 6.92 Å². The summed E-state index contributed by atoms with van der Waals surface area (Å²) in [6.45, 7) is 4.84. The molecule has 1 rings (SSSR count). The molecule has 2 unspecified atom stereocenters. The molecule has 0 aliphatic carbocycles. The lowest BCUT2D eigenvalue weighted by molar-refractivity contribution is -0.176. The van der Waals surface area contributed by atoms with E-state index in [0.29, 0.717) is 12.8 Å². The second-order valence-corrected chi connectivity index (χ2v) is 4.29. The van der Waals surface area contributed by atoms with Gasteiger partial charge in [0.25, 0.3) is 5.56 Å². The Balaban J connectivity index is 3.48. The quantitative estimate of drug-likeness (QED) is 0.726. The molecule has 1 aromatic heterocycles. The molecule has 1 aromatic rings. The van der Waals surface area contributed by atoms with Gasteiger partial charge < -0.3 is 10.5 Å². The monoisotopic (exact) mass is 269 g/mol. The smallest absolute Gasteiger partial charge is 0.331 e. The van der Waals surface area contributed by atoms with Gasteiger partial charge in [0.2, 0.25) is 5.72 Å². The Labute approximate surface area is 110 Å². The molecule has 0 radical (unpaired) electrons. The number of hydrogen-bond donors (Lipinski definition) is 2. The van der Waals surface area contributed by atoms with E-state index in [1.54, 1.807) is 6.92 Å². The van der Waals surface area contributed by atoms with Crippen LogP contribution in [0.3, 0.4) is 0 Å². The molecule has 7 heteroatoms. The van der Waals surface area contributed by atoms with E-state index in [4.69, 9.17) is 10.5 Å². The molecule has 0 aliphatic rings. The Hall–Kier alpha value is -1.89. The molecule has 19 heavy (non-hydrogen) atoms. The van der Waals surface area contributed by atoms with Crippen molar-refractivity contribution in [3.05, 3.63) is 33.1 Å². The molecule has 3 N–H and O–H groups in total. The fraction of sp³-hybridized carbons (Fsp3) is 0.583. The molecule has 2 atom stereocenters. The van der Waals surface area contributed by atoms with Crippen molar-refractivity contribution >= 4 is 5.97 Å². The molecule has 0 bridgehead atoms. The number of nitrogens with one attached hydrogen (secondary N) is 1. The first kappa shape index (κ1) is 15.2. The maximum atomic E-state index is 11.9. The molecule has 7 nitrogen and oxygen atoms in total. The van der Waals surface area contributed by atoms with Gasteiger partial charge in [0.05, 0.1) is 6.04 Å². The number of carbonyl (C=O) groups is 1. The van der Waals surface area contributed by atoms with Crippen LogP contribution in [0.15, 0.2) is 21.9 Å². The molecular weight excluding hydrogens is 250 g/mol. The van der Waals surface area contributed by atoms with Gasteiger partial charge in [0.1, 0.15) is 0 Å². The number of esters is 1. The van der Waals surface area contributed by atoms with Crippen molar-refractivity contribution in [2.24, 2.45) is 5.73 Å². The summed E-state index contributed by atoms with van der Waals surface area (Å²) in [5, 5.41) is 0. The number of aromatic nitrogens is 2. The Bertz CT molecular complexity index is 563. The number of nitrogens with two attached hydrogens (primary N) is 1. The van der Waals surface area contributed by atoms with Crippen LogP contribution in [0.25, 0.3) is 0 Å². The maximum Gasteiger partial charge on any atom is 0.331 e. The molecule has 0 saturated carbocycles. The third-order valence-electron chi connectivity index (χ3n) is 3.08. The third kappa shape index (κ3) is 2.93. The molecule has 1 heterocycles. The predicted molar refractivity (Wildman–Crippen MR) is 69.6 cm³/mol. The summed E-state index contributed by atoms with van der Waals surface area (Å²) in [6.07, 6.45) is 2.11. The molecule has 0 saturated heterocycles. The summed E-state index contributed by atoms with van der Waals surface area (Å²) in [6, 6.07) is 0.627. The van der Waals surface area contributed by atoms with Gasteiger partial charge in [-0.25, -0.2) is 4.79 Å². The van der Waals surface area contributed by atoms with Gasteiger partial charge in [0, 0.05) is 25.6 Å². The summed E-state index contributed by atoms with van der Waals surface area (Å²) in [7, 11) is 0. The van der Waals surface area contributed by atoms with Gasteiger partial charge in [-0.15, -0.1) is 0 Å². The second kappa shape index (κ2) is 5.83. The van der Waals surface area contributed by atoms with E-state index in [-0.39, 0.29) is 0 Å². The molecule has 0 spiro atoms. The summed E-state index contributed by atoms with van der Waals surface area (Å²) in [5.41, 5.74) is 3.56. The Morgan fingerprint density at radius 1 is 1.53 bits per heavy atom. The van der Waals surface area contributed by atoms with Crippen molar-refractivity contribution in [1.29, 1.82) is 0 Å². The molecule has 0 aliphatic heterocycles. The first-order valence-corrected chi connectivity index (χ1v) is 6.15. The maximum absolute atomic E-state index is 11.9. The highest BCUT2D eigenvalue weighted by Crippen LogP contribution is 2.26. The van der Waals surface area contributed by atoms with Crippen LogP contribution in [0.4, 0.5) is 0 Å². The fourth-order valence-corrected chi connectivity index (χ4v) is 2.09. The average Bonchev–Trinajstić information content (AvgIpc) is 2.35. The van der Waals surface area contributed by atoms with Crippen LogP contribution in [-0.4, -0.2) is 21.6 Å². The van der Waals surface area contributed by atoms with Crippen molar-refractivity contribution < 1.29 is 9.53 Å². The zero-order valence-electron chi connectivity index (χ0n) is 11.3. The van der Waals surface area contributed by atoms with Crippen molar-refractivity contribution in [3.63, 3.8) is 0 Å². The van der Waals surface area contributed by atoms with E-state index >= 15 is 0 Å². The molecule has 0 fully saturated rings. The zero-order valence-corrected chi connectivity index (χ0v) is 11.3. The number of H-pyrrole nitrogens is 1. The van der Waals surface area contributed by atoms with E-state index < -0.39 is 29.0 Å². The summed E-state index contributed by atoms with van der Waals surface area (Å²) in [5.74, 6) is -0.538. The Morgan fingerprint density at radius 3 is 2.58 bits per heavy atom. The van der Waals surface area contributed by atoms with E-state index in [1.165, 1.54) is 23.8 Å². The van der Waals surface area contributed by atoms with Crippen LogP contribution in [-0.2, 0) is 15.3 Å². The fourth-order valence-electron chi connectivity index (χ4n) is 2.09. The minimum absolute atomic E-state index is 0.313. The lowest BCUT2D eigenvalue weighted by Crippen LogP contribution is -2.56. The molecular formula is C12H19N3O4. The second-order valence-electron chi connectivity index (χ2n) is 4.29. The van der Waals surface area contributed by atoms with Crippen molar-refractivity contribution in [3.8, 4) is 0 Å². The summed E-state index contributed by atoms with van der Waals surface area (Å²) < 4.78 is 6.49. The Kier molecular flexibility index (Phi) is 4.66. The van der Waals surface area contributed by atoms with E-state index in [2.05, 4.69) is 4.98 Å². The van der Waals surface area contributed by atoms with Crippen molar-refractivity contribution in [1.82, 2.24) is 9.55 Å². The van der Waals surface area contributed by atoms with Crippen LogP contribution < -0.4 is 17.0 Å². The highest BCUT2D eigenvalue weighted by atomic mass is 16.6. The minimum Gasteiger partial charge on any atom is -0.437 e. The summed E-state index contributed by atoms with van der Waals surface area (Å²) in [4.78, 5) is 36.5. The minimum atomic E-state index is -1.29. The van der Waals surface area contributed by atoms with E-state index in [9.17, 15) is 14.4 Å². The highest BCUT2D eigenvalue weighted by molar-refractivity contribution is 5.66. The normalized spacial score (nSPS) is 15.6. The van der Waals surface area contributed by atoms with Crippen molar-refractivity contribution in [2.45, 2.75) is 45.4 Å². The Morgan fingerprint density at radius 2 is 2.16 bits per heavy atom. The number of carbonyl (C=O) groups excluding carboxylic acids is 1. The number of nitrogens with zero attached hydrogens (tertiary/aromatic N) is 1. The SMILES string of the molecule is CCC(N)C(CC)(OC(C)=O)n1ccc(=O)[nH]c1=O. The largest absolute Gasteiger partial charge is 0.437 e. The summed E-state index contributed by atoms with van der Waals surface area (Å²) >= 11 is 0. The van der Waals surface area contributed by atoms with Gasteiger partial charge in [-0.2, -0.15) is 0 Å². The standard InChI is InChI=1S/C12H19N3O4/c1-4-9(13)12(5-2,19-8(3)16)15-7-6-10(17)14-11(15)18/h6-7,9H,4-5,13H2,1-3H3,(H,14,17,18). The lowest BCUT2D eigenvalue weighted by Gasteiger charge is -2.38. The van der Waals surface area contributed by atoms with Gasteiger partial charge in [0.15, 0.2) is 0 Å². The molecule has 106 valence electrons. The first-order valence-electron chi connectivity index (χ1n) is 6.15. The van der Waals surface area contributed by atoms with Crippen molar-refractivity contribution in [2.75, 3.05) is 0 Å². The number of aromatic amines is 1. The number of ether oxygens (including phenoxy) is 1. The van der Waals surface area contributed by atoms with Crippen LogP contribution >= 0.6 is 0 Å². The van der Waals surface area contributed by atoms with Crippen LogP contribution in [0.1, 0.15) is 33.6 Å². The van der Waals surface area contributed by atoms with Gasteiger partial charge in [-0.05, 0) is 6.42 Å². The number of hydrogen-bond acceptors (Lipinski definition) is 5. The first-order chi connectivity index (χ1) is 8.87. The van der Waals surface area contributed by atoms with Crippen LogP contribution in [0, 0.1) is 0 Å². The highest BCUT2D eigenvalue weighted by Gasteiger charge is 2.40. The van der Waals surface area contributed by atoms with Gasteiger partial charge in [-0.3, -0.25) is 19.1 Å².